The number of anilines is 1. The number of carboxylic acid groups (broad SMARTS) is 1. The first-order valence-corrected chi connectivity index (χ1v) is 7.09. The van der Waals surface area contributed by atoms with E-state index in [0.717, 1.165) is 30.2 Å². The second-order valence-electron chi connectivity index (χ2n) is 4.03. The van der Waals surface area contributed by atoms with Crippen LogP contribution in [-0.4, -0.2) is 39.8 Å². The Balaban J connectivity index is 3.00. The average molecular weight is 331 g/mol. The minimum absolute atomic E-state index is 0.0737. The highest BCUT2D eigenvalue weighted by atomic mass is 32.2. The summed E-state index contributed by atoms with van der Waals surface area (Å²) < 4.78 is 4.97. The third-order valence-electron chi connectivity index (χ3n) is 2.62. The summed E-state index contributed by atoms with van der Waals surface area (Å²) in [5, 5.41) is 33.2. The van der Waals surface area contributed by atoms with Gasteiger partial charge in [-0.1, -0.05) is 0 Å². The van der Waals surface area contributed by atoms with Crippen LogP contribution in [0.5, 0.6) is 0 Å². The molecule has 1 unspecified atom stereocenters. The SMILES string of the molecule is CSOCCC(Nc1ccc([N+](=O)[O-])cc1[N+](=O)[O-])C(=O)O. The highest BCUT2D eigenvalue weighted by Crippen LogP contribution is 2.29. The summed E-state index contributed by atoms with van der Waals surface area (Å²) in [7, 11) is 0. The lowest BCUT2D eigenvalue weighted by Crippen LogP contribution is -2.30. The summed E-state index contributed by atoms with van der Waals surface area (Å²) in [6, 6.07) is 1.83. The van der Waals surface area contributed by atoms with E-state index in [0.29, 0.717) is 0 Å². The van der Waals surface area contributed by atoms with Crippen molar-refractivity contribution in [2.24, 2.45) is 0 Å². The van der Waals surface area contributed by atoms with Crippen LogP contribution >= 0.6 is 12.0 Å². The van der Waals surface area contributed by atoms with Gasteiger partial charge in [0, 0.05) is 18.7 Å². The number of nitrogens with one attached hydrogen (secondary N) is 1. The van der Waals surface area contributed by atoms with E-state index in [2.05, 4.69) is 5.32 Å². The van der Waals surface area contributed by atoms with Crippen LogP contribution < -0.4 is 5.32 Å². The van der Waals surface area contributed by atoms with Gasteiger partial charge >= 0.3 is 5.97 Å². The van der Waals surface area contributed by atoms with E-state index < -0.39 is 33.2 Å². The van der Waals surface area contributed by atoms with Gasteiger partial charge in [0.05, 0.1) is 22.5 Å². The van der Waals surface area contributed by atoms with Gasteiger partial charge in [-0.3, -0.25) is 20.2 Å². The Morgan fingerprint density at radius 3 is 2.59 bits per heavy atom. The van der Waals surface area contributed by atoms with Crippen LogP contribution in [0.15, 0.2) is 18.2 Å². The molecule has 1 aromatic carbocycles. The number of carbonyl (C=O) groups is 1. The maximum Gasteiger partial charge on any atom is 0.326 e. The standard InChI is InChI=1S/C11H13N3O7S/c1-22-21-5-4-9(11(15)16)12-8-3-2-7(13(17)18)6-10(8)14(19)20/h2-3,6,9,12H,4-5H2,1H3,(H,15,16). The topological polar surface area (TPSA) is 145 Å². The Morgan fingerprint density at radius 1 is 1.41 bits per heavy atom. The quantitative estimate of drug-likeness (QED) is 0.300. The monoisotopic (exact) mass is 331 g/mol. The van der Waals surface area contributed by atoms with Gasteiger partial charge in [0.25, 0.3) is 11.4 Å². The Bertz CT molecular complexity index is 581. The fourth-order valence-electron chi connectivity index (χ4n) is 1.60. The number of nitro benzene ring substituents is 2. The van der Waals surface area contributed by atoms with Crippen molar-refractivity contribution in [3.8, 4) is 0 Å². The van der Waals surface area contributed by atoms with Crippen LogP contribution in [0.4, 0.5) is 17.1 Å². The van der Waals surface area contributed by atoms with Crippen molar-refractivity contribution >= 4 is 35.1 Å². The number of rotatable bonds is 9. The van der Waals surface area contributed by atoms with Crippen molar-refractivity contribution in [1.82, 2.24) is 0 Å². The molecule has 11 heteroatoms. The Morgan fingerprint density at radius 2 is 2.09 bits per heavy atom. The van der Waals surface area contributed by atoms with Crippen LogP contribution in [0.1, 0.15) is 6.42 Å². The first kappa shape index (κ1) is 17.7. The third-order valence-corrected chi connectivity index (χ3v) is 3.03. The van der Waals surface area contributed by atoms with E-state index in [9.17, 15) is 25.0 Å². The van der Waals surface area contributed by atoms with Crippen LogP contribution in [0.25, 0.3) is 0 Å². The van der Waals surface area contributed by atoms with Gasteiger partial charge in [-0.2, -0.15) is 0 Å². The molecule has 10 nitrogen and oxygen atoms in total. The molecular weight excluding hydrogens is 318 g/mol. The van der Waals surface area contributed by atoms with Crippen LogP contribution in [0.3, 0.4) is 0 Å². The zero-order valence-electron chi connectivity index (χ0n) is 11.4. The minimum atomic E-state index is -1.21. The number of aliphatic carboxylic acids is 1. The molecule has 22 heavy (non-hydrogen) atoms. The zero-order valence-corrected chi connectivity index (χ0v) is 12.2. The molecule has 0 aromatic heterocycles. The predicted molar refractivity (Wildman–Crippen MR) is 78.9 cm³/mol. The molecule has 120 valence electrons. The van der Waals surface area contributed by atoms with Gasteiger partial charge in [-0.05, 0) is 18.1 Å². The number of nitrogens with zero attached hydrogens (tertiary/aromatic N) is 2. The van der Waals surface area contributed by atoms with E-state index >= 15 is 0 Å². The molecule has 1 aromatic rings. The first-order chi connectivity index (χ1) is 10.4. The van der Waals surface area contributed by atoms with Gasteiger partial charge in [-0.25, -0.2) is 4.79 Å². The van der Waals surface area contributed by atoms with Crippen molar-refractivity contribution < 1.29 is 23.9 Å². The van der Waals surface area contributed by atoms with Crippen LogP contribution in [0, 0.1) is 20.2 Å². The van der Waals surface area contributed by atoms with E-state index in [4.69, 9.17) is 9.29 Å². The molecule has 2 N–H and O–H groups in total. The van der Waals surface area contributed by atoms with Gasteiger partial charge < -0.3 is 14.6 Å². The second-order valence-corrected chi connectivity index (χ2v) is 4.60. The molecule has 0 radical (unpaired) electrons. The summed E-state index contributed by atoms with van der Waals surface area (Å²) in [4.78, 5) is 31.2. The lowest BCUT2D eigenvalue weighted by Gasteiger charge is -2.15. The molecule has 1 atom stereocenters. The summed E-state index contributed by atoms with van der Waals surface area (Å²) in [5.41, 5.74) is -1.12. The number of carboxylic acids is 1. The van der Waals surface area contributed by atoms with E-state index in [1.807, 2.05) is 0 Å². The Kier molecular flexibility index (Phi) is 6.53. The molecule has 0 saturated heterocycles. The lowest BCUT2D eigenvalue weighted by atomic mass is 10.1. The predicted octanol–water partition coefficient (Wildman–Crippen LogP) is 2.05. The molecule has 0 bridgehead atoms. The highest BCUT2D eigenvalue weighted by Gasteiger charge is 2.24. The first-order valence-electron chi connectivity index (χ1n) is 5.94. The number of benzene rings is 1. The highest BCUT2D eigenvalue weighted by molar-refractivity contribution is 7.93. The average Bonchev–Trinajstić information content (AvgIpc) is 2.45. The summed E-state index contributed by atoms with van der Waals surface area (Å²) in [6.07, 6.45) is 1.74. The van der Waals surface area contributed by atoms with Crippen molar-refractivity contribution in [3.05, 3.63) is 38.4 Å². The zero-order chi connectivity index (χ0) is 16.7. The van der Waals surface area contributed by atoms with Crippen molar-refractivity contribution in [1.29, 1.82) is 0 Å². The molecule has 0 aliphatic rings. The second kappa shape index (κ2) is 8.14. The molecule has 0 heterocycles. The number of hydrogen-bond acceptors (Lipinski definition) is 8. The molecule has 0 amide bonds. The van der Waals surface area contributed by atoms with Crippen LogP contribution in [-0.2, 0) is 8.98 Å². The normalized spacial score (nSPS) is 11.7. The largest absolute Gasteiger partial charge is 0.480 e. The van der Waals surface area contributed by atoms with Crippen molar-refractivity contribution in [3.63, 3.8) is 0 Å². The molecule has 0 spiro atoms. The Labute approximate surface area is 129 Å². The van der Waals surface area contributed by atoms with Crippen LogP contribution in [0.2, 0.25) is 0 Å². The fourth-order valence-corrected chi connectivity index (χ4v) is 1.86. The minimum Gasteiger partial charge on any atom is -0.480 e. The molecule has 0 saturated carbocycles. The maximum absolute atomic E-state index is 11.2. The van der Waals surface area contributed by atoms with Gasteiger partial charge in [0.1, 0.15) is 11.7 Å². The van der Waals surface area contributed by atoms with E-state index in [-0.39, 0.29) is 18.7 Å². The molecule has 1 rings (SSSR count). The van der Waals surface area contributed by atoms with Crippen molar-refractivity contribution in [2.75, 3.05) is 18.2 Å². The molecule has 0 aliphatic carbocycles. The van der Waals surface area contributed by atoms with Gasteiger partial charge in [0.15, 0.2) is 0 Å². The van der Waals surface area contributed by atoms with E-state index in [1.165, 1.54) is 0 Å². The van der Waals surface area contributed by atoms with Gasteiger partial charge in [-0.15, -0.1) is 0 Å². The third kappa shape index (κ3) is 4.86. The van der Waals surface area contributed by atoms with Gasteiger partial charge in [0.2, 0.25) is 0 Å². The fraction of sp³-hybridized carbons (Fsp3) is 0.364. The summed E-state index contributed by atoms with van der Waals surface area (Å²) >= 11 is 1.07. The molecule has 0 fully saturated rings. The lowest BCUT2D eigenvalue weighted by molar-refractivity contribution is -0.393. The number of non-ortho nitro benzene ring substituents is 1. The Hall–Kier alpha value is -2.40. The number of nitro groups is 2. The number of hydrogen-bond donors (Lipinski definition) is 2. The molecular formula is C11H13N3O7S. The smallest absolute Gasteiger partial charge is 0.326 e. The van der Waals surface area contributed by atoms with Crippen molar-refractivity contribution in [2.45, 2.75) is 12.5 Å². The molecule has 0 aliphatic heterocycles. The summed E-state index contributed by atoms with van der Waals surface area (Å²) in [6.45, 7) is 0.131. The summed E-state index contributed by atoms with van der Waals surface area (Å²) in [5.74, 6) is -1.21. The van der Waals surface area contributed by atoms with E-state index in [1.54, 1.807) is 6.26 Å². The maximum atomic E-state index is 11.2.